The minimum Gasteiger partial charge on any atom is -0.289 e. The van der Waals surface area contributed by atoms with Gasteiger partial charge in [-0.05, 0) is 42.3 Å². The Balaban J connectivity index is 1.40. The second kappa shape index (κ2) is 11.6. The third kappa shape index (κ3) is 5.84. The Bertz CT molecular complexity index is 1700. The number of aliphatic imine (C=N–C) groups is 1. The van der Waals surface area contributed by atoms with Crippen LogP contribution in [0.3, 0.4) is 0 Å². The lowest BCUT2D eigenvalue weighted by Crippen LogP contribution is -2.48. The summed E-state index contributed by atoms with van der Waals surface area (Å²) in [5.41, 5.74) is 5.42. The van der Waals surface area contributed by atoms with E-state index in [1.165, 1.54) is 30.3 Å². The van der Waals surface area contributed by atoms with Gasteiger partial charge in [0.1, 0.15) is 5.70 Å². The van der Waals surface area contributed by atoms with Crippen molar-refractivity contribution >= 4 is 35.2 Å². The van der Waals surface area contributed by atoms with Gasteiger partial charge in [0.15, 0.2) is 11.6 Å². The third-order valence-electron chi connectivity index (χ3n) is 6.60. The van der Waals surface area contributed by atoms with Crippen molar-refractivity contribution in [3.63, 3.8) is 0 Å². The number of carbonyl (C=O) groups is 3. The van der Waals surface area contributed by atoms with E-state index in [0.717, 1.165) is 5.01 Å². The molecular weight excluding hydrogens is 520 g/mol. The maximum Gasteiger partial charge on any atom is 0.297 e. The Kier molecular flexibility index (Phi) is 7.60. The van der Waals surface area contributed by atoms with Crippen LogP contribution in [0.15, 0.2) is 120 Å². The normalized spacial score (nSPS) is 14.5. The molecule has 41 heavy (non-hydrogen) atoms. The van der Waals surface area contributed by atoms with Gasteiger partial charge >= 0.3 is 0 Å². The highest BCUT2D eigenvalue weighted by Crippen LogP contribution is 2.24. The van der Waals surface area contributed by atoms with Gasteiger partial charge < -0.3 is 0 Å². The molecule has 0 bridgehead atoms. The highest BCUT2D eigenvalue weighted by Gasteiger charge is 2.34. The van der Waals surface area contributed by atoms with Crippen LogP contribution in [-0.2, 0) is 9.59 Å². The van der Waals surface area contributed by atoms with E-state index in [4.69, 9.17) is 0 Å². The number of nitrogens with zero attached hydrogens (tertiary/aromatic N) is 3. The van der Waals surface area contributed by atoms with E-state index in [-0.39, 0.29) is 23.0 Å². The lowest BCUT2D eigenvalue weighted by atomic mass is 9.95. The Labute approximate surface area is 235 Å². The van der Waals surface area contributed by atoms with Crippen LogP contribution < -0.4 is 5.43 Å². The maximum atomic E-state index is 13.4. The first-order valence-electron chi connectivity index (χ1n) is 12.8. The Morgan fingerprint density at radius 1 is 0.878 bits per heavy atom. The van der Waals surface area contributed by atoms with Crippen LogP contribution in [0.5, 0.6) is 0 Å². The van der Waals surface area contributed by atoms with Gasteiger partial charge in [-0.3, -0.25) is 29.9 Å². The highest BCUT2D eigenvalue weighted by atomic mass is 16.6. The van der Waals surface area contributed by atoms with Gasteiger partial charge in [0, 0.05) is 28.8 Å². The van der Waals surface area contributed by atoms with Gasteiger partial charge in [-0.15, -0.1) is 0 Å². The number of nitro benzene ring substituents is 1. The van der Waals surface area contributed by atoms with Crippen molar-refractivity contribution in [1.82, 2.24) is 10.4 Å². The standard InChI is InChI=1S/C32H24N4O5/c1-21(25-13-8-14-26(20-25)29(37)23-9-4-2-5-10-23)31(38)34-35-30(24-11-6-3-7-12-24)33-28(32(35)39)19-22-15-17-27(18-16-22)36(40)41/h2-21H,1H3,(H,34,38)/b28-19+. The maximum absolute atomic E-state index is 13.4. The number of ketones is 1. The lowest BCUT2D eigenvalue weighted by molar-refractivity contribution is -0.384. The first-order valence-corrected chi connectivity index (χ1v) is 12.8. The average molecular weight is 545 g/mol. The average Bonchev–Trinajstić information content (AvgIpc) is 3.31. The SMILES string of the molecule is CC(C(=O)NN1C(=O)/C(=C\c2ccc([N+](=O)[O-])cc2)N=C1c1ccccc1)c1cccc(C(=O)c2ccccc2)c1. The molecule has 1 aliphatic heterocycles. The summed E-state index contributed by atoms with van der Waals surface area (Å²) >= 11 is 0. The van der Waals surface area contributed by atoms with Crippen LogP contribution in [0, 0.1) is 10.1 Å². The van der Waals surface area contributed by atoms with Crippen molar-refractivity contribution in [1.29, 1.82) is 0 Å². The molecule has 0 fully saturated rings. The number of hydrazine groups is 1. The first-order chi connectivity index (χ1) is 19.8. The van der Waals surface area contributed by atoms with E-state index < -0.39 is 22.7 Å². The molecule has 1 unspecified atom stereocenters. The minimum absolute atomic E-state index is 0.0566. The summed E-state index contributed by atoms with van der Waals surface area (Å²) < 4.78 is 0. The van der Waals surface area contributed by atoms with E-state index in [1.807, 2.05) is 12.1 Å². The monoisotopic (exact) mass is 544 g/mol. The predicted molar refractivity (Wildman–Crippen MR) is 154 cm³/mol. The topological polar surface area (TPSA) is 122 Å². The molecule has 0 aliphatic carbocycles. The third-order valence-corrected chi connectivity index (χ3v) is 6.60. The smallest absolute Gasteiger partial charge is 0.289 e. The molecule has 5 rings (SSSR count). The molecule has 2 amide bonds. The first kappa shape index (κ1) is 26.9. The van der Waals surface area contributed by atoms with Crippen LogP contribution >= 0.6 is 0 Å². The fourth-order valence-corrected chi connectivity index (χ4v) is 4.32. The Morgan fingerprint density at radius 2 is 1.51 bits per heavy atom. The van der Waals surface area contributed by atoms with E-state index in [9.17, 15) is 24.5 Å². The van der Waals surface area contributed by atoms with Gasteiger partial charge in [0.2, 0.25) is 5.91 Å². The Morgan fingerprint density at radius 3 is 2.17 bits per heavy atom. The van der Waals surface area contributed by atoms with E-state index in [0.29, 0.717) is 27.8 Å². The molecule has 1 atom stereocenters. The van der Waals surface area contributed by atoms with E-state index in [1.54, 1.807) is 79.7 Å². The highest BCUT2D eigenvalue weighted by molar-refractivity contribution is 6.20. The number of hydrogen-bond donors (Lipinski definition) is 1. The summed E-state index contributed by atoms with van der Waals surface area (Å²) in [5, 5.41) is 12.1. The van der Waals surface area contributed by atoms with Gasteiger partial charge in [-0.2, -0.15) is 5.01 Å². The number of hydrogen-bond acceptors (Lipinski definition) is 6. The van der Waals surface area contributed by atoms with Crippen LogP contribution in [0.1, 0.15) is 45.5 Å². The number of nitro groups is 1. The second-order valence-electron chi connectivity index (χ2n) is 9.34. The molecule has 0 saturated heterocycles. The zero-order chi connectivity index (χ0) is 28.9. The van der Waals surface area contributed by atoms with Crippen LogP contribution in [-0.4, -0.2) is 33.4 Å². The molecule has 9 nitrogen and oxygen atoms in total. The van der Waals surface area contributed by atoms with Crippen molar-refractivity contribution in [3.05, 3.63) is 153 Å². The summed E-state index contributed by atoms with van der Waals surface area (Å²) in [4.78, 5) is 54.8. The number of carbonyl (C=O) groups excluding carboxylic acids is 3. The molecule has 4 aromatic carbocycles. The number of nitrogens with one attached hydrogen (secondary N) is 1. The molecule has 0 spiro atoms. The molecule has 0 radical (unpaired) electrons. The number of amidine groups is 1. The van der Waals surface area contributed by atoms with E-state index >= 15 is 0 Å². The zero-order valence-corrected chi connectivity index (χ0v) is 21.9. The largest absolute Gasteiger partial charge is 0.297 e. The lowest BCUT2D eigenvalue weighted by Gasteiger charge is -2.22. The van der Waals surface area contributed by atoms with Crippen LogP contribution in [0.4, 0.5) is 5.69 Å². The van der Waals surface area contributed by atoms with Crippen molar-refractivity contribution in [2.75, 3.05) is 0 Å². The predicted octanol–water partition coefficient (Wildman–Crippen LogP) is 5.29. The van der Waals surface area contributed by atoms with Gasteiger partial charge in [-0.1, -0.05) is 78.9 Å². The summed E-state index contributed by atoms with van der Waals surface area (Å²) in [7, 11) is 0. The van der Waals surface area contributed by atoms with Gasteiger partial charge in [0.05, 0.1) is 10.8 Å². The summed E-state index contributed by atoms with van der Waals surface area (Å²) in [6, 6.07) is 30.4. The Hall–Kier alpha value is -5.70. The minimum atomic E-state index is -0.703. The van der Waals surface area contributed by atoms with Gasteiger partial charge in [0.25, 0.3) is 11.6 Å². The molecule has 202 valence electrons. The molecule has 4 aromatic rings. The van der Waals surface area contributed by atoms with Crippen molar-refractivity contribution in [2.45, 2.75) is 12.8 Å². The molecule has 1 N–H and O–H groups in total. The molecule has 0 saturated carbocycles. The summed E-state index contributed by atoms with van der Waals surface area (Å²) in [6.07, 6.45) is 1.50. The fourth-order valence-electron chi connectivity index (χ4n) is 4.32. The molecule has 1 aliphatic rings. The number of non-ortho nitro benzene ring substituents is 1. The molecule has 1 heterocycles. The van der Waals surface area contributed by atoms with Crippen molar-refractivity contribution in [2.24, 2.45) is 4.99 Å². The zero-order valence-electron chi connectivity index (χ0n) is 21.9. The number of rotatable bonds is 8. The molecular formula is C32H24N4O5. The van der Waals surface area contributed by atoms with Crippen molar-refractivity contribution < 1.29 is 19.3 Å². The van der Waals surface area contributed by atoms with Crippen LogP contribution in [0.25, 0.3) is 6.08 Å². The van der Waals surface area contributed by atoms with E-state index in [2.05, 4.69) is 10.4 Å². The summed E-state index contributed by atoms with van der Waals surface area (Å²) in [5.74, 6) is -1.66. The number of benzene rings is 4. The van der Waals surface area contributed by atoms with Crippen LogP contribution in [0.2, 0.25) is 0 Å². The molecule has 0 aromatic heterocycles. The van der Waals surface area contributed by atoms with Gasteiger partial charge in [-0.25, -0.2) is 4.99 Å². The quantitative estimate of drug-likeness (QED) is 0.140. The number of amides is 2. The van der Waals surface area contributed by atoms with Crippen molar-refractivity contribution in [3.8, 4) is 0 Å². The fraction of sp³-hybridized carbons (Fsp3) is 0.0625. The second-order valence-corrected chi connectivity index (χ2v) is 9.34. The molecule has 9 heteroatoms. The summed E-state index contributed by atoms with van der Waals surface area (Å²) in [6.45, 7) is 1.69.